The van der Waals surface area contributed by atoms with Crippen molar-refractivity contribution in [2.75, 3.05) is 25.6 Å². The maximum Gasteiger partial charge on any atom is 0.310 e. The molecule has 0 radical (unpaired) electrons. The number of aliphatic hydroxyl groups excluding tert-OH is 1. The molecule has 2 amide bonds. The van der Waals surface area contributed by atoms with Crippen LogP contribution >= 0.6 is 0 Å². The number of esters is 1. The van der Waals surface area contributed by atoms with E-state index >= 15 is 0 Å². The Morgan fingerprint density at radius 2 is 1.85 bits per heavy atom. The topological polar surface area (TPSA) is 105 Å². The number of likely N-dealkylation sites (tertiary alicyclic amines) is 1. The van der Waals surface area contributed by atoms with Gasteiger partial charge in [-0.1, -0.05) is 32.9 Å². The lowest BCUT2D eigenvalue weighted by Crippen LogP contribution is -2.52. The van der Waals surface area contributed by atoms with Gasteiger partial charge in [0.15, 0.2) is 0 Å². The van der Waals surface area contributed by atoms with E-state index in [4.69, 9.17) is 9.47 Å². The summed E-state index contributed by atoms with van der Waals surface area (Å²) < 4.78 is 10.5. The average Bonchev–Trinajstić information content (AvgIpc) is 3.07. The van der Waals surface area contributed by atoms with Gasteiger partial charge >= 0.3 is 5.97 Å². The number of allylic oxidation sites excluding steroid dienone is 1. The van der Waals surface area contributed by atoms with Gasteiger partial charge in [0, 0.05) is 11.6 Å². The summed E-state index contributed by atoms with van der Waals surface area (Å²) in [4.78, 5) is 41.6. The van der Waals surface area contributed by atoms with Crippen molar-refractivity contribution in [3.05, 3.63) is 36.4 Å². The van der Waals surface area contributed by atoms with Crippen molar-refractivity contribution in [1.82, 2.24) is 4.90 Å². The number of carbonyl (C=O) groups is 3. The molecule has 6 atom stereocenters. The predicted octanol–water partition coefficient (Wildman–Crippen LogP) is 2.48. The SMILES string of the molecule is CCOC(=O)[C@H]1[C@H]2C(=O)N([C@@H](CO)C(C)C)[C@H](C(=O)Nc3ccc(OC)cc3)[C@H]2C=C[C@H]1C. The molecule has 0 saturated carbocycles. The number of rotatable bonds is 8. The maximum atomic E-state index is 13.7. The highest BCUT2D eigenvalue weighted by atomic mass is 16.5. The fraction of sp³-hybridized carbons (Fsp3) is 0.560. The van der Waals surface area contributed by atoms with Gasteiger partial charge in [-0.3, -0.25) is 14.4 Å². The smallest absolute Gasteiger partial charge is 0.310 e. The quantitative estimate of drug-likeness (QED) is 0.458. The number of nitrogens with one attached hydrogen (secondary N) is 1. The van der Waals surface area contributed by atoms with Crippen LogP contribution in [0.5, 0.6) is 5.75 Å². The highest BCUT2D eigenvalue weighted by Gasteiger charge is 2.58. The van der Waals surface area contributed by atoms with Crippen molar-refractivity contribution in [2.45, 2.75) is 39.8 Å². The number of nitrogens with zero attached hydrogens (tertiary/aromatic N) is 1. The third-order valence-corrected chi connectivity index (χ3v) is 6.71. The molecule has 180 valence electrons. The molecule has 33 heavy (non-hydrogen) atoms. The van der Waals surface area contributed by atoms with Crippen molar-refractivity contribution in [2.24, 2.45) is 29.6 Å². The molecule has 1 aliphatic carbocycles. The second-order valence-corrected chi connectivity index (χ2v) is 9.03. The molecular formula is C25H34N2O6. The van der Waals surface area contributed by atoms with Crippen LogP contribution in [0, 0.1) is 29.6 Å². The minimum atomic E-state index is -0.857. The third kappa shape index (κ3) is 4.76. The number of amides is 2. The van der Waals surface area contributed by atoms with Crippen molar-refractivity contribution in [3.8, 4) is 5.75 Å². The minimum absolute atomic E-state index is 0.0853. The highest BCUT2D eigenvalue weighted by Crippen LogP contribution is 2.45. The number of hydrogen-bond acceptors (Lipinski definition) is 6. The molecule has 3 rings (SSSR count). The summed E-state index contributed by atoms with van der Waals surface area (Å²) in [7, 11) is 1.56. The molecule has 1 aromatic rings. The average molecular weight is 459 g/mol. The highest BCUT2D eigenvalue weighted by molar-refractivity contribution is 6.01. The van der Waals surface area contributed by atoms with Crippen LogP contribution in [0.4, 0.5) is 5.69 Å². The van der Waals surface area contributed by atoms with Gasteiger partial charge in [-0.2, -0.15) is 0 Å². The van der Waals surface area contributed by atoms with Gasteiger partial charge in [0.1, 0.15) is 11.8 Å². The molecule has 0 spiro atoms. The van der Waals surface area contributed by atoms with Crippen molar-refractivity contribution >= 4 is 23.5 Å². The van der Waals surface area contributed by atoms with Crippen molar-refractivity contribution < 1.29 is 29.0 Å². The van der Waals surface area contributed by atoms with E-state index in [1.165, 1.54) is 4.90 Å². The Bertz CT molecular complexity index is 897. The summed E-state index contributed by atoms with van der Waals surface area (Å²) in [5, 5.41) is 13.0. The molecule has 1 saturated heterocycles. The Labute approximate surface area is 194 Å². The summed E-state index contributed by atoms with van der Waals surface area (Å²) in [6.07, 6.45) is 3.76. The number of ether oxygens (including phenoxy) is 2. The third-order valence-electron chi connectivity index (χ3n) is 6.71. The molecule has 0 unspecified atom stereocenters. The number of methoxy groups -OCH3 is 1. The van der Waals surface area contributed by atoms with Gasteiger partial charge in [0.25, 0.3) is 0 Å². The second-order valence-electron chi connectivity index (χ2n) is 9.03. The Morgan fingerprint density at radius 1 is 1.18 bits per heavy atom. The molecule has 1 fully saturated rings. The lowest BCUT2D eigenvalue weighted by molar-refractivity contribution is -0.156. The molecule has 8 nitrogen and oxygen atoms in total. The maximum absolute atomic E-state index is 13.7. The Balaban J connectivity index is 2.00. The van der Waals surface area contributed by atoms with Gasteiger partial charge in [-0.15, -0.1) is 0 Å². The first kappa shape index (κ1) is 24.8. The van der Waals surface area contributed by atoms with E-state index in [0.29, 0.717) is 11.4 Å². The van der Waals surface area contributed by atoms with Gasteiger partial charge in [0.2, 0.25) is 11.8 Å². The first-order valence-electron chi connectivity index (χ1n) is 11.5. The Hall–Kier alpha value is -2.87. The first-order valence-corrected chi connectivity index (χ1v) is 11.5. The lowest BCUT2D eigenvalue weighted by Gasteiger charge is -2.35. The second kappa shape index (κ2) is 10.4. The molecule has 1 heterocycles. The predicted molar refractivity (Wildman–Crippen MR) is 123 cm³/mol. The fourth-order valence-corrected chi connectivity index (χ4v) is 5.01. The van der Waals surface area contributed by atoms with E-state index < -0.39 is 35.8 Å². The van der Waals surface area contributed by atoms with E-state index in [0.717, 1.165) is 0 Å². The molecular weight excluding hydrogens is 424 g/mol. The summed E-state index contributed by atoms with van der Waals surface area (Å²) >= 11 is 0. The lowest BCUT2D eigenvalue weighted by atomic mass is 9.70. The molecule has 2 N–H and O–H groups in total. The van der Waals surface area contributed by atoms with Gasteiger partial charge < -0.3 is 24.8 Å². The molecule has 8 heteroatoms. The molecule has 0 bridgehead atoms. The normalized spacial score (nSPS) is 27.3. The number of fused-ring (bicyclic) bond motifs is 1. The zero-order chi connectivity index (χ0) is 24.3. The van der Waals surface area contributed by atoms with Crippen LogP contribution < -0.4 is 10.1 Å². The van der Waals surface area contributed by atoms with Crippen molar-refractivity contribution in [3.63, 3.8) is 0 Å². The van der Waals surface area contributed by atoms with E-state index in [1.807, 2.05) is 32.9 Å². The van der Waals surface area contributed by atoms with E-state index in [-0.39, 0.29) is 36.9 Å². The molecule has 0 aromatic heterocycles. The zero-order valence-corrected chi connectivity index (χ0v) is 19.9. The standard InChI is InChI=1S/C25H34N2O6/c1-6-33-25(31)20-15(4)7-12-18-21(20)24(30)27(19(13-28)14(2)3)22(18)23(29)26-16-8-10-17(32-5)11-9-16/h7-12,14-15,18-22,28H,6,13H2,1-5H3,(H,26,29)/t15-,18+,19+,20-,21+,22+/m1/s1. The summed E-state index contributed by atoms with van der Waals surface area (Å²) in [5.74, 6) is -2.62. The fourth-order valence-electron chi connectivity index (χ4n) is 5.01. The van der Waals surface area contributed by atoms with Crippen LogP contribution in [-0.4, -0.2) is 60.2 Å². The minimum Gasteiger partial charge on any atom is -0.497 e. The van der Waals surface area contributed by atoms with Crippen LogP contribution in [0.15, 0.2) is 36.4 Å². The Kier molecular flexibility index (Phi) is 7.79. The van der Waals surface area contributed by atoms with Crippen LogP contribution in [-0.2, 0) is 19.1 Å². The van der Waals surface area contributed by atoms with E-state index in [1.54, 1.807) is 38.3 Å². The van der Waals surface area contributed by atoms with Crippen LogP contribution in [0.1, 0.15) is 27.7 Å². The summed E-state index contributed by atoms with van der Waals surface area (Å²) in [6, 6.07) is 5.51. The zero-order valence-electron chi connectivity index (χ0n) is 19.9. The molecule has 2 aliphatic rings. The van der Waals surface area contributed by atoms with Crippen LogP contribution in [0.3, 0.4) is 0 Å². The number of hydrogen-bond donors (Lipinski definition) is 2. The van der Waals surface area contributed by atoms with Crippen LogP contribution in [0.2, 0.25) is 0 Å². The summed E-state index contributed by atoms with van der Waals surface area (Å²) in [5.41, 5.74) is 0.567. The monoisotopic (exact) mass is 458 g/mol. The van der Waals surface area contributed by atoms with Crippen LogP contribution in [0.25, 0.3) is 0 Å². The Morgan fingerprint density at radius 3 is 2.39 bits per heavy atom. The van der Waals surface area contributed by atoms with Crippen molar-refractivity contribution in [1.29, 1.82) is 0 Å². The first-order chi connectivity index (χ1) is 15.7. The number of anilines is 1. The van der Waals surface area contributed by atoms with Gasteiger partial charge in [0.05, 0.1) is 38.2 Å². The largest absolute Gasteiger partial charge is 0.497 e. The number of aliphatic hydroxyl groups is 1. The van der Waals surface area contributed by atoms with Gasteiger partial charge in [-0.25, -0.2) is 0 Å². The molecule has 1 aromatic carbocycles. The van der Waals surface area contributed by atoms with E-state index in [2.05, 4.69) is 5.32 Å². The summed E-state index contributed by atoms with van der Waals surface area (Å²) in [6.45, 7) is 7.34. The molecule has 1 aliphatic heterocycles. The number of benzene rings is 1. The van der Waals surface area contributed by atoms with E-state index in [9.17, 15) is 19.5 Å². The number of carbonyl (C=O) groups excluding carboxylic acids is 3. The van der Waals surface area contributed by atoms with Gasteiger partial charge in [-0.05, 0) is 43.0 Å².